The molecular formula is C15H18N4O4. The molecule has 0 saturated heterocycles. The zero-order valence-electron chi connectivity index (χ0n) is 12.7. The summed E-state index contributed by atoms with van der Waals surface area (Å²) >= 11 is 0. The first kappa shape index (κ1) is 16.5. The molecule has 0 fully saturated rings. The topological polar surface area (TPSA) is 117 Å². The summed E-state index contributed by atoms with van der Waals surface area (Å²) in [7, 11) is 0. The zero-order chi connectivity index (χ0) is 16.7. The molecule has 2 aromatic heterocycles. The smallest absolute Gasteiger partial charge is 0.287 e. The molecule has 0 atom stereocenters. The number of amides is 2. The molecule has 0 aliphatic heterocycles. The molecule has 3 N–H and O–H groups in total. The molecule has 0 saturated carbocycles. The van der Waals surface area contributed by atoms with Gasteiger partial charge in [0.15, 0.2) is 11.6 Å². The summed E-state index contributed by atoms with van der Waals surface area (Å²) < 4.78 is 5.16. The number of ketones is 1. The van der Waals surface area contributed by atoms with E-state index in [0.29, 0.717) is 13.0 Å². The quantitative estimate of drug-likeness (QED) is 0.489. The Hall–Kier alpha value is -2.90. The van der Waals surface area contributed by atoms with Gasteiger partial charge in [-0.15, -0.1) is 0 Å². The second-order valence-corrected chi connectivity index (χ2v) is 4.89. The van der Waals surface area contributed by atoms with Gasteiger partial charge in [-0.1, -0.05) is 0 Å². The van der Waals surface area contributed by atoms with Crippen LogP contribution < -0.4 is 10.6 Å². The highest BCUT2D eigenvalue weighted by molar-refractivity contribution is 5.97. The van der Waals surface area contributed by atoms with Crippen molar-refractivity contribution in [3.05, 3.63) is 41.9 Å². The average Bonchev–Trinajstić information content (AvgIpc) is 3.19. The van der Waals surface area contributed by atoms with Crippen molar-refractivity contribution in [1.29, 1.82) is 0 Å². The van der Waals surface area contributed by atoms with Crippen molar-refractivity contribution in [3.63, 3.8) is 0 Å². The summed E-state index contributed by atoms with van der Waals surface area (Å²) in [4.78, 5) is 41.1. The number of carbonyl (C=O) groups is 3. The molecule has 0 spiro atoms. The van der Waals surface area contributed by atoms with Crippen LogP contribution in [0.5, 0.6) is 0 Å². The number of Topliss-reactive ketones (excluding diaryl/α,β-unsaturated/α-hetero) is 1. The van der Waals surface area contributed by atoms with Crippen LogP contribution in [-0.4, -0.2) is 40.7 Å². The number of H-pyrrole nitrogens is 1. The van der Waals surface area contributed by atoms with Gasteiger partial charge in [-0.2, -0.15) is 0 Å². The molecule has 0 aliphatic rings. The molecule has 0 aromatic carbocycles. The van der Waals surface area contributed by atoms with Gasteiger partial charge in [-0.05, 0) is 12.1 Å². The van der Waals surface area contributed by atoms with E-state index in [4.69, 9.17) is 4.42 Å². The molecule has 2 heterocycles. The molecule has 8 heteroatoms. The van der Waals surface area contributed by atoms with Gasteiger partial charge in [0.05, 0.1) is 12.5 Å². The molecule has 2 aromatic rings. The van der Waals surface area contributed by atoms with Gasteiger partial charge in [0.25, 0.3) is 5.91 Å². The van der Waals surface area contributed by atoms with E-state index < -0.39 is 5.91 Å². The Bertz CT molecular complexity index is 675. The van der Waals surface area contributed by atoms with Crippen molar-refractivity contribution in [2.75, 3.05) is 13.1 Å². The van der Waals surface area contributed by atoms with Crippen LogP contribution in [0.15, 0.2) is 29.0 Å². The molecule has 0 aliphatic carbocycles. The lowest BCUT2D eigenvalue weighted by molar-refractivity contribution is -0.118. The van der Waals surface area contributed by atoms with Crippen LogP contribution in [0.1, 0.15) is 40.2 Å². The van der Waals surface area contributed by atoms with Crippen LogP contribution in [0, 0.1) is 0 Å². The van der Waals surface area contributed by atoms with E-state index in [-0.39, 0.29) is 36.2 Å². The van der Waals surface area contributed by atoms with Gasteiger partial charge in [-0.3, -0.25) is 14.4 Å². The van der Waals surface area contributed by atoms with Crippen molar-refractivity contribution >= 4 is 17.6 Å². The van der Waals surface area contributed by atoms with Crippen LogP contribution >= 0.6 is 0 Å². The Morgan fingerprint density at radius 3 is 2.74 bits per heavy atom. The van der Waals surface area contributed by atoms with E-state index in [9.17, 15) is 14.4 Å². The highest BCUT2D eigenvalue weighted by Crippen LogP contribution is 2.08. The van der Waals surface area contributed by atoms with E-state index in [1.807, 2.05) is 0 Å². The lowest BCUT2D eigenvalue weighted by Gasteiger charge is -2.03. The van der Waals surface area contributed by atoms with Crippen LogP contribution in [0.4, 0.5) is 0 Å². The zero-order valence-corrected chi connectivity index (χ0v) is 12.7. The molecule has 0 unspecified atom stereocenters. The maximum absolute atomic E-state index is 12.0. The van der Waals surface area contributed by atoms with Crippen molar-refractivity contribution in [2.45, 2.75) is 19.8 Å². The monoisotopic (exact) mass is 318 g/mol. The summed E-state index contributed by atoms with van der Waals surface area (Å²) in [6, 6.07) is 3.56. The first-order valence-electron chi connectivity index (χ1n) is 7.19. The largest absolute Gasteiger partial charge is 0.469 e. The SMILES string of the molecule is CC(=O)NCCNC(=O)c1ncc(C(=O)CCc2ccco2)[nH]1. The number of aromatic amines is 1. The standard InChI is InChI=1S/C15H18N4O4/c1-10(20)16-6-7-17-15(22)14-18-9-12(19-14)13(21)5-4-11-3-2-8-23-11/h2-3,8-9H,4-7H2,1H3,(H,16,20)(H,17,22)(H,18,19). The molecule has 122 valence electrons. The van der Waals surface area contributed by atoms with Gasteiger partial charge in [0, 0.05) is 32.9 Å². The number of imidazole rings is 1. The number of furan rings is 1. The Kier molecular flexibility index (Phi) is 5.67. The van der Waals surface area contributed by atoms with E-state index in [1.165, 1.54) is 13.1 Å². The third kappa shape index (κ3) is 5.10. The third-order valence-corrected chi connectivity index (χ3v) is 3.05. The fraction of sp³-hybridized carbons (Fsp3) is 0.333. The van der Waals surface area contributed by atoms with Crippen LogP contribution in [-0.2, 0) is 11.2 Å². The van der Waals surface area contributed by atoms with Crippen LogP contribution in [0.3, 0.4) is 0 Å². The van der Waals surface area contributed by atoms with Crippen molar-refractivity contribution < 1.29 is 18.8 Å². The number of nitrogens with one attached hydrogen (secondary N) is 3. The molecule has 8 nitrogen and oxygen atoms in total. The molecule has 0 radical (unpaired) electrons. The van der Waals surface area contributed by atoms with Gasteiger partial charge in [0.2, 0.25) is 5.91 Å². The Morgan fingerprint density at radius 2 is 2.04 bits per heavy atom. The van der Waals surface area contributed by atoms with Crippen LogP contribution in [0.2, 0.25) is 0 Å². The number of carbonyl (C=O) groups excluding carboxylic acids is 3. The maximum Gasteiger partial charge on any atom is 0.287 e. The number of hydrogen-bond acceptors (Lipinski definition) is 5. The summed E-state index contributed by atoms with van der Waals surface area (Å²) in [6.45, 7) is 2.01. The Labute approximate surface area is 132 Å². The minimum atomic E-state index is -0.430. The Morgan fingerprint density at radius 1 is 1.26 bits per heavy atom. The third-order valence-electron chi connectivity index (χ3n) is 3.05. The van der Waals surface area contributed by atoms with E-state index >= 15 is 0 Å². The average molecular weight is 318 g/mol. The minimum Gasteiger partial charge on any atom is -0.469 e. The maximum atomic E-state index is 12.0. The summed E-state index contributed by atoms with van der Waals surface area (Å²) in [5.41, 5.74) is 0.281. The lowest BCUT2D eigenvalue weighted by atomic mass is 10.1. The van der Waals surface area contributed by atoms with Gasteiger partial charge < -0.3 is 20.0 Å². The number of rotatable bonds is 8. The summed E-state index contributed by atoms with van der Waals surface area (Å²) in [5.74, 6) is 0.0521. The van der Waals surface area contributed by atoms with Crippen LogP contribution in [0.25, 0.3) is 0 Å². The molecule has 23 heavy (non-hydrogen) atoms. The minimum absolute atomic E-state index is 0.0640. The van der Waals surface area contributed by atoms with Crippen molar-refractivity contribution in [2.24, 2.45) is 0 Å². The van der Waals surface area contributed by atoms with Crippen molar-refractivity contribution in [1.82, 2.24) is 20.6 Å². The summed E-state index contributed by atoms with van der Waals surface area (Å²) in [5, 5.41) is 5.15. The van der Waals surface area contributed by atoms with Gasteiger partial charge >= 0.3 is 0 Å². The highest BCUT2D eigenvalue weighted by Gasteiger charge is 2.14. The first-order chi connectivity index (χ1) is 11.1. The van der Waals surface area contributed by atoms with E-state index in [0.717, 1.165) is 5.76 Å². The molecule has 2 amide bonds. The molecule has 2 rings (SSSR count). The fourth-order valence-corrected chi connectivity index (χ4v) is 1.90. The Balaban J connectivity index is 1.80. The lowest BCUT2D eigenvalue weighted by Crippen LogP contribution is -2.34. The fourth-order valence-electron chi connectivity index (χ4n) is 1.90. The van der Waals surface area contributed by atoms with E-state index in [1.54, 1.807) is 18.4 Å². The van der Waals surface area contributed by atoms with E-state index in [2.05, 4.69) is 20.6 Å². The van der Waals surface area contributed by atoms with Gasteiger partial charge in [0.1, 0.15) is 11.5 Å². The predicted octanol–water partition coefficient (Wildman–Crippen LogP) is 0.684. The predicted molar refractivity (Wildman–Crippen MR) is 81.0 cm³/mol. The molecular weight excluding hydrogens is 300 g/mol. The number of hydrogen-bond donors (Lipinski definition) is 3. The number of nitrogens with zero attached hydrogens (tertiary/aromatic N) is 1. The number of aromatic nitrogens is 2. The number of aryl methyl sites for hydroxylation is 1. The highest BCUT2D eigenvalue weighted by atomic mass is 16.3. The second-order valence-electron chi connectivity index (χ2n) is 4.89. The second kappa shape index (κ2) is 7.92. The van der Waals surface area contributed by atoms with Gasteiger partial charge in [-0.25, -0.2) is 4.98 Å². The van der Waals surface area contributed by atoms with Crippen molar-refractivity contribution in [3.8, 4) is 0 Å². The molecule has 0 bridgehead atoms. The summed E-state index contributed by atoms with van der Waals surface area (Å²) in [6.07, 6.45) is 3.65. The first-order valence-corrected chi connectivity index (χ1v) is 7.19. The normalized spacial score (nSPS) is 10.3.